The van der Waals surface area contributed by atoms with Crippen LogP contribution in [0.5, 0.6) is 0 Å². The van der Waals surface area contributed by atoms with Crippen LogP contribution in [0, 0.1) is 0 Å². The number of hydrogen-bond donors (Lipinski definition) is 1. The van der Waals surface area contributed by atoms with Gasteiger partial charge in [0.1, 0.15) is 0 Å². The monoisotopic (exact) mass is 501 g/mol. The molecule has 0 aromatic heterocycles. The summed E-state index contributed by atoms with van der Waals surface area (Å²) in [5, 5.41) is 0.224. The molecule has 0 spiro atoms. The fourth-order valence-corrected chi connectivity index (χ4v) is 5.05. The third-order valence-corrected chi connectivity index (χ3v) is 7.23. The molecule has 0 saturated carbocycles. The number of halogens is 1. The van der Waals surface area contributed by atoms with Crippen molar-refractivity contribution in [2.75, 3.05) is 15.8 Å². The van der Waals surface area contributed by atoms with Crippen molar-refractivity contribution >= 4 is 37.4 Å². The highest BCUT2D eigenvalue weighted by molar-refractivity contribution is 9.09. The summed E-state index contributed by atoms with van der Waals surface area (Å²) in [6.45, 7) is 2.26. The van der Waals surface area contributed by atoms with Gasteiger partial charge >= 0.3 is 0 Å². The molecule has 0 saturated heterocycles. The zero-order valence-electron chi connectivity index (χ0n) is 18.6. The Bertz CT molecular complexity index is 691. The first-order chi connectivity index (χ1) is 14.5. The predicted molar refractivity (Wildman–Crippen MR) is 132 cm³/mol. The third-order valence-electron chi connectivity index (χ3n) is 5.35. The number of benzene rings is 1. The quantitative estimate of drug-likeness (QED) is 0.121. The number of anilines is 1. The Morgan fingerprint density at radius 2 is 1.33 bits per heavy atom. The molecule has 0 fully saturated rings. The van der Waals surface area contributed by atoms with Crippen molar-refractivity contribution in [3.8, 4) is 0 Å². The molecule has 4 nitrogen and oxygen atoms in total. The van der Waals surface area contributed by atoms with E-state index >= 15 is 0 Å². The molecule has 0 aliphatic rings. The van der Waals surface area contributed by atoms with Crippen molar-refractivity contribution in [3.05, 3.63) is 29.8 Å². The van der Waals surface area contributed by atoms with Gasteiger partial charge in [0.15, 0.2) is 5.78 Å². The highest BCUT2D eigenvalue weighted by Crippen LogP contribution is 2.16. The maximum atomic E-state index is 12.3. The van der Waals surface area contributed by atoms with E-state index in [0.29, 0.717) is 17.7 Å². The van der Waals surface area contributed by atoms with Crippen molar-refractivity contribution in [2.24, 2.45) is 0 Å². The zero-order valence-corrected chi connectivity index (χ0v) is 21.0. The number of unbranched alkanes of at least 4 members (excludes halogenated alkanes) is 13. The molecule has 0 amide bonds. The molecule has 0 heterocycles. The minimum atomic E-state index is -3.37. The second-order valence-corrected chi connectivity index (χ2v) is 10.6. The van der Waals surface area contributed by atoms with Gasteiger partial charge in [0, 0.05) is 11.3 Å². The van der Waals surface area contributed by atoms with Gasteiger partial charge in [-0.15, -0.1) is 0 Å². The normalized spacial score (nSPS) is 11.5. The Morgan fingerprint density at radius 1 is 0.833 bits per heavy atom. The Morgan fingerprint density at radius 3 is 1.83 bits per heavy atom. The van der Waals surface area contributed by atoms with Crippen LogP contribution in [0.1, 0.15) is 107 Å². The van der Waals surface area contributed by atoms with Crippen molar-refractivity contribution < 1.29 is 13.2 Å². The van der Waals surface area contributed by atoms with Crippen molar-refractivity contribution in [3.63, 3.8) is 0 Å². The lowest BCUT2D eigenvalue weighted by molar-refractivity contribution is 0.102. The summed E-state index contributed by atoms with van der Waals surface area (Å²) in [5.74, 6) is 0.0600. The lowest BCUT2D eigenvalue weighted by atomic mass is 10.0. The molecular formula is C24H40BrNO3S. The van der Waals surface area contributed by atoms with Crippen LogP contribution in [0.2, 0.25) is 0 Å². The van der Waals surface area contributed by atoms with Crippen LogP contribution in [0.3, 0.4) is 0 Å². The van der Waals surface area contributed by atoms with E-state index in [9.17, 15) is 13.2 Å². The van der Waals surface area contributed by atoms with Crippen LogP contribution in [-0.4, -0.2) is 25.3 Å². The van der Waals surface area contributed by atoms with E-state index in [1.807, 2.05) is 0 Å². The predicted octanol–water partition coefficient (Wildman–Crippen LogP) is 7.49. The zero-order chi connectivity index (χ0) is 22.1. The molecule has 0 aliphatic heterocycles. The minimum absolute atomic E-state index is 0.0666. The van der Waals surface area contributed by atoms with Gasteiger partial charge in [0.2, 0.25) is 10.0 Å². The third kappa shape index (κ3) is 13.4. The van der Waals surface area contributed by atoms with Crippen LogP contribution in [0.15, 0.2) is 24.3 Å². The van der Waals surface area contributed by atoms with E-state index in [4.69, 9.17) is 0 Å². The highest BCUT2D eigenvalue weighted by Gasteiger charge is 2.11. The molecule has 172 valence electrons. The number of hydrogen-bond acceptors (Lipinski definition) is 3. The summed E-state index contributed by atoms with van der Waals surface area (Å²) in [7, 11) is -3.37. The first-order valence-electron chi connectivity index (χ1n) is 11.7. The second kappa shape index (κ2) is 16.8. The summed E-state index contributed by atoms with van der Waals surface area (Å²) in [6, 6.07) is 6.65. The fraction of sp³-hybridized carbons (Fsp3) is 0.708. The van der Waals surface area contributed by atoms with E-state index in [-0.39, 0.29) is 16.9 Å². The van der Waals surface area contributed by atoms with Gasteiger partial charge in [-0.3, -0.25) is 9.52 Å². The van der Waals surface area contributed by atoms with Gasteiger partial charge in [-0.05, 0) is 18.6 Å². The molecule has 6 heteroatoms. The number of ketones is 1. The molecule has 1 aromatic carbocycles. The van der Waals surface area contributed by atoms with Crippen LogP contribution in [0.25, 0.3) is 0 Å². The van der Waals surface area contributed by atoms with Crippen molar-refractivity contribution in [1.82, 2.24) is 0 Å². The van der Waals surface area contributed by atoms with E-state index in [1.54, 1.807) is 24.3 Å². The maximum Gasteiger partial charge on any atom is 0.232 e. The van der Waals surface area contributed by atoms with Crippen LogP contribution in [0.4, 0.5) is 5.69 Å². The minimum Gasteiger partial charge on any atom is -0.293 e. The number of nitrogens with one attached hydrogen (secondary N) is 1. The van der Waals surface area contributed by atoms with E-state index in [1.165, 1.54) is 70.6 Å². The summed E-state index contributed by atoms with van der Waals surface area (Å²) < 4.78 is 27.1. The molecule has 0 aliphatic carbocycles. The van der Waals surface area contributed by atoms with Crippen molar-refractivity contribution in [2.45, 2.75) is 96.8 Å². The largest absolute Gasteiger partial charge is 0.293 e. The SMILES string of the molecule is CCCCCCCCCCCCCCCCS(=O)(=O)Nc1cccc(C(=O)CBr)c1. The number of Topliss-reactive ketones (excluding diaryl/α,β-unsaturated/α-hetero) is 1. The number of sulfonamides is 1. The van der Waals surface area contributed by atoms with E-state index in [0.717, 1.165) is 12.8 Å². The summed E-state index contributed by atoms with van der Waals surface area (Å²) in [6.07, 6.45) is 17.4. The molecular weight excluding hydrogens is 462 g/mol. The van der Waals surface area contributed by atoms with E-state index in [2.05, 4.69) is 27.6 Å². The number of carbonyl (C=O) groups is 1. The molecule has 1 aromatic rings. The Hall–Kier alpha value is -0.880. The average Bonchev–Trinajstić information content (AvgIpc) is 2.73. The fourth-order valence-electron chi connectivity index (χ4n) is 3.55. The van der Waals surface area contributed by atoms with Gasteiger partial charge in [0.05, 0.1) is 11.1 Å². The molecule has 0 unspecified atom stereocenters. The Balaban J connectivity index is 2.06. The van der Waals surface area contributed by atoms with Gasteiger partial charge in [0.25, 0.3) is 0 Å². The molecule has 1 N–H and O–H groups in total. The van der Waals surface area contributed by atoms with Crippen LogP contribution >= 0.6 is 15.9 Å². The maximum absolute atomic E-state index is 12.3. The first-order valence-corrected chi connectivity index (χ1v) is 14.5. The summed E-state index contributed by atoms with van der Waals surface area (Å²) in [4.78, 5) is 11.7. The molecule has 0 radical (unpaired) electrons. The summed E-state index contributed by atoms with van der Waals surface area (Å²) >= 11 is 3.14. The molecule has 0 bridgehead atoms. The standard InChI is InChI=1S/C24H40BrNO3S/c1-2-3-4-5-6-7-8-9-10-11-12-13-14-15-19-30(28,29)26-23-18-16-17-22(20-23)24(27)21-25/h16-18,20,26H,2-15,19,21H2,1H3. The van der Waals surface area contributed by atoms with Crippen LogP contribution in [-0.2, 0) is 10.0 Å². The smallest absolute Gasteiger partial charge is 0.232 e. The van der Waals surface area contributed by atoms with Gasteiger partial charge in [-0.1, -0.05) is 118 Å². The van der Waals surface area contributed by atoms with Gasteiger partial charge < -0.3 is 0 Å². The van der Waals surface area contributed by atoms with Crippen molar-refractivity contribution in [1.29, 1.82) is 0 Å². The summed E-state index contributed by atoms with van der Waals surface area (Å²) in [5.41, 5.74) is 0.954. The number of carbonyl (C=O) groups excluding carboxylic acids is 1. The highest BCUT2D eigenvalue weighted by atomic mass is 79.9. The van der Waals surface area contributed by atoms with Gasteiger partial charge in [-0.25, -0.2) is 8.42 Å². The Kier molecular flexibility index (Phi) is 15.2. The Labute approximate surface area is 192 Å². The first kappa shape index (κ1) is 27.2. The molecule has 1 rings (SSSR count). The molecule has 0 atom stereocenters. The van der Waals surface area contributed by atoms with E-state index < -0.39 is 10.0 Å². The number of rotatable bonds is 19. The number of alkyl halides is 1. The lowest BCUT2D eigenvalue weighted by Gasteiger charge is -2.09. The topological polar surface area (TPSA) is 63.2 Å². The van der Waals surface area contributed by atoms with Crippen LogP contribution < -0.4 is 4.72 Å². The second-order valence-electron chi connectivity index (χ2n) is 8.15. The average molecular weight is 503 g/mol. The lowest BCUT2D eigenvalue weighted by Crippen LogP contribution is -2.17. The van der Waals surface area contributed by atoms with Gasteiger partial charge in [-0.2, -0.15) is 0 Å². The molecule has 30 heavy (non-hydrogen) atoms.